The van der Waals surface area contributed by atoms with E-state index in [-0.39, 0.29) is 24.0 Å². The molecule has 3 nitrogen and oxygen atoms in total. The number of nitrogens with zero attached hydrogens (tertiary/aromatic N) is 1. The Hall–Kier alpha value is 0. The molecule has 0 aliphatic rings. The van der Waals surface area contributed by atoms with E-state index in [4.69, 9.17) is 0 Å². The molecule has 4 heteroatoms. The first-order valence-electron chi connectivity index (χ1n) is 5.90. The monoisotopic (exact) mass is 341 g/mol. The fraction of sp³-hybridized carbons (Fsp3) is 0.917. The van der Waals surface area contributed by atoms with E-state index in [1.165, 1.54) is 0 Å². The second-order valence-electron chi connectivity index (χ2n) is 5.37. The van der Waals surface area contributed by atoms with Gasteiger partial charge in [-0.25, -0.2) is 0 Å². The summed E-state index contributed by atoms with van der Waals surface area (Å²) in [6.07, 6.45) is 1.11. The highest BCUT2D eigenvalue weighted by Crippen LogP contribution is 2.17. The summed E-state index contributed by atoms with van der Waals surface area (Å²) in [6, 6.07) is 0.428. The van der Waals surface area contributed by atoms with Crippen LogP contribution < -0.4 is 10.6 Å². The molecular formula is C12H28IN3. The van der Waals surface area contributed by atoms with Gasteiger partial charge < -0.3 is 10.6 Å². The Balaban J connectivity index is 0. The van der Waals surface area contributed by atoms with Crippen molar-refractivity contribution >= 4 is 29.9 Å². The quantitative estimate of drug-likeness (QED) is 0.469. The molecule has 0 fully saturated rings. The second kappa shape index (κ2) is 9.07. The Morgan fingerprint density at radius 2 is 1.81 bits per heavy atom. The zero-order valence-corrected chi connectivity index (χ0v) is 13.9. The highest BCUT2D eigenvalue weighted by molar-refractivity contribution is 14.0. The minimum absolute atomic E-state index is 0. The van der Waals surface area contributed by atoms with Crippen LogP contribution >= 0.6 is 24.0 Å². The third-order valence-electron chi connectivity index (χ3n) is 1.90. The predicted molar refractivity (Wildman–Crippen MR) is 83.7 cm³/mol. The standard InChI is InChI=1S/C12H27N3.HI/c1-7-13-11(15-10(2)3)14-9-8-12(4,5)6;/h10H,7-9H2,1-6H3,(H2,13,14,15);1H. The van der Waals surface area contributed by atoms with Crippen LogP contribution in [0.2, 0.25) is 0 Å². The molecule has 0 unspecified atom stereocenters. The van der Waals surface area contributed by atoms with Gasteiger partial charge in [0.1, 0.15) is 0 Å². The van der Waals surface area contributed by atoms with E-state index in [0.717, 1.165) is 25.5 Å². The first-order chi connectivity index (χ1) is 6.85. The van der Waals surface area contributed by atoms with Crippen LogP contribution in [-0.4, -0.2) is 25.1 Å². The first kappa shape index (κ1) is 18.4. The summed E-state index contributed by atoms with van der Waals surface area (Å²) in [6.45, 7) is 14.8. The van der Waals surface area contributed by atoms with Gasteiger partial charge in [-0.3, -0.25) is 4.99 Å². The van der Waals surface area contributed by atoms with E-state index in [1.807, 2.05) is 0 Å². The van der Waals surface area contributed by atoms with Crippen molar-refractivity contribution in [1.82, 2.24) is 10.6 Å². The lowest BCUT2D eigenvalue weighted by Crippen LogP contribution is -2.41. The van der Waals surface area contributed by atoms with Crippen LogP contribution in [0.1, 0.15) is 48.0 Å². The van der Waals surface area contributed by atoms with E-state index in [2.05, 4.69) is 57.2 Å². The van der Waals surface area contributed by atoms with Gasteiger partial charge in [0.15, 0.2) is 5.96 Å². The van der Waals surface area contributed by atoms with Crippen molar-refractivity contribution in [3.63, 3.8) is 0 Å². The fourth-order valence-electron chi connectivity index (χ4n) is 1.10. The minimum atomic E-state index is 0. The molecule has 98 valence electrons. The van der Waals surface area contributed by atoms with E-state index >= 15 is 0 Å². The number of nitrogens with one attached hydrogen (secondary N) is 2. The molecule has 0 spiro atoms. The average molecular weight is 341 g/mol. The van der Waals surface area contributed by atoms with Crippen LogP contribution in [-0.2, 0) is 0 Å². The van der Waals surface area contributed by atoms with Crippen LogP contribution in [0.3, 0.4) is 0 Å². The number of guanidine groups is 1. The molecule has 0 rings (SSSR count). The number of hydrogen-bond donors (Lipinski definition) is 2. The van der Waals surface area contributed by atoms with Gasteiger partial charge in [-0.05, 0) is 32.6 Å². The lowest BCUT2D eigenvalue weighted by molar-refractivity contribution is 0.385. The Kier molecular flexibility index (Phi) is 10.4. The molecule has 0 aromatic heterocycles. The molecule has 0 aliphatic carbocycles. The van der Waals surface area contributed by atoms with Crippen LogP contribution in [0.4, 0.5) is 0 Å². The molecule has 0 aromatic rings. The summed E-state index contributed by atoms with van der Waals surface area (Å²) in [5, 5.41) is 6.54. The molecule has 0 aromatic carbocycles. The number of halogens is 1. The third-order valence-corrected chi connectivity index (χ3v) is 1.90. The Bertz CT molecular complexity index is 195. The van der Waals surface area contributed by atoms with Crippen molar-refractivity contribution in [2.45, 2.75) is 54.0 Å². The van der Waals surface area contributed by atoms with E-state index < -0.39 is 0 Å². The van der Waals surface area contributed by atoms with E-state index in [0.29, 0.717) is 11.5 Å². The minimum Gasteiger partial charge on any atom is -0.357 e. The zero-order valence-electron chi connectivity index (χ0n) is 11.6. The predicted octanol–water partition coefficient (Wildman–Crippen LogP) is 3.00. The van der Waals surface area contributed by atoms with Crippen molar-refractivity contribution in [1.29, 1.82) is 0 Å². The largest absolute Gasteiger partial charge is 0.357 e. The maximum absolute atomic E-state index is 4.53. The number of rotatable bonds is 4. The molecule has 2 N–H and O–H groups in total. The summed E-state index contributed by atoms with van der Waals surface area (Å²) in [4.78, 5) is 4.53. The van der Waals surface area contributed by atoms with Gasteiger partial charge in [0.25, 0.3) is 0 Å². The maximum Gasteiger partial charge on any atom is 0.191 e. The topological polar surface area (TPSA) is 36.4 Å². The highest BCUT2D eigenvalue weighted by atomic mass is 127. The van der Waals surface area contributed by atoms with Crippen LogP contribution in [0.5, 0.6) is 0 Å². The van der Waals surface area contributed by atoms with E-state index in [1.54, 1.807) is 0 Å². The smallest absolute Gasteiger partial charge is 0.191 e. The second-order valence-corrected chi connectivity index (χ2v) is 5.37. The van der Waals surface area contributed by atoms with Gasteiger partial charge in [-0.15, -0.1) is 24.0 Å². The average Bonchev–Trinajstić information content (AvgIpc) is 2.00. The molecule has 0 saturated carbocycles. The molecular weight excluding hydrogens is 313 g/mol. The molecule has 0 bridgehead atoms. The molecule has 0 amide bonds. The van der Waals surface area contributed by atoms with Crippen molar-refractivity contribution in [3.05, 3.63) is 0 Å². The van der Waals surface area contributed by atoms with Crippen LogP contribution in [0.15, 0.2) is 4.99 Å². The van der Waals surface area contributed by atoms with Crippen molar-refractivity contribution in [2.75, 3.05) is 13.1 Å². The van der Waals surface area contributed by atoms with Gasteiger partial charge in [-0.1, -0.05) is 20.8 Å². The molecule has 0 saturated heterocycles. The Labute approximate surface area is 118 Å². The van der Waals surface area contributed by atoms with E-state index in [9.17, 15) is 0 Å². The number of hydrogen-bond acceptors (Lipinski definition) is 1. The first-order valence-corrected chi connectivity index (χ1v) is 5.90. The van der Waals surface area contributed by atoms with Crippen molar-refractivity contribution in [3.8, 4) is 0 Å². The molecule has 0 radical (unpaired) electrons. The summed E-state index contributed by atoms with van der Waals surface area (Å²) in [5.41, 5.74) is 0.360. The molecule has 16 heavy (non-hydrogen) atoms. The molecule has 0 heterocycles. The normalized spacial score (nSPS) is 12.3. The Morgan fingerprint density at radius 1 is 1.25 bits per heavy atom. The summed E-state index contributed by atoms with van der Waals surface area (Å²) >= 11 is 0. The van der Waals surface area contributed by atoms with Crippen LogP contribution in [0.25, 0.3) is 0 Å². The lowest BCUT2D eigenvalue weighted by Gasteiger charge is -2.18. The van der Waals surface area contributed by atoms with Crippen LogP contribution in [0, 0.1) is 5.41 Å². The zero-order chi connectivity index (χ0) is 11.9. The summed E-state index contributed by atoms with van der Waals surface area (Å²) < 4.78 is 0. The van der Waals surface area contributed by atoms with Gasteiger partial charge in [-0.2, -0.15) is 0 Å². The summed E-state index contributed by atoms with van der Waals surface area (Å²) in [7, 11) is 0. The van der Waals surface area contributed by atoms with Gasteiger partial charge in [0.05, 0.1) is 0 Å². The highest BCUT2D eigenvalue weighted by Gasteiger charge is 2.09. The van der Waals surface area contributed by atoms with Crippen molar-refractivity contribution in [2.24, 2.45) is 10.4 Å². The van der Waals surface area contributed by atoms with Gasteiger partial charge in [0, 0.05) is 19.1 Å². The third kappa shape index (κ3) is 12.1. The van der Waals surface area contributed by atoms with Gasteiger partial charge in [0.2, 0.25) is 0 Å². The van der Waals surface area contributed by atoms with Gasteiger partial charge >= 0.3 is 0 Å². The molecule has 0 aliphatic heterocycles. The lowest BCUT2D eigenvalue weighted by atomic mass is 9.93. The number of aliphatic imine (C=N–C) groups is 1. The van der Waals surface area contributed by atoms with Crippen molar-refractivity contribution < 1.29 is 0 Å². The fourth-order valence-corrected chi connectivity index (χ4v) is 1.10. The SMILES string of the molecule is CCNC(=NCCC(C)(C)C)NC(C)C.I. The Morgan fingerprint density at radius 3 is 2.19 bits per heavy atom. The molecule has 0 atom stereocenters. The maximum atomic E-state index is 4.53. The summed E-state index contributed by atoms with van der Waals surface area (Å²) in [5.74, 6) is 0.928.